The first-order chi connectivity index (χ1) is 9.37. The SMILES string of the molecule is O=C([O-])CC(NC(C(=O)[O-])C(C(=O)[O-])S(=O)(=O)[O-])C(=O)[O-].[Na+].[Na+].[Na+].[Na+].[Na+]. The molecular weight excluding hydrogens is 433 g/mol. The largest absolute Gasteiger partial charge is 1.00 e. The zero-order valence-electron chi connectivity index (χ0n) is 14.8. The molecule has 0 heterocycles. The van der Waals surface area contributed by atoms with Gasteiger partial charge in [-0.3, -0.25) is 5.32 Å². The molecule has 0 radical (unpaired) electrons. The van der Waals surface area contributed by atoms with E-state index < -0.39 is 57.7 Å². The molecule has 0 aromatic carbocycles. The van der Waals surface area contributed by atoms with Gasteiger partial charge in [-0.05, 0) is 0 Å². The molecule has 0 aliphatic carbocycles. The zero-order chi connectivity index (χ0) is 17.0. The second kappa shape index (κ2) is 19.7. The maximum absolute atomic E-state index is 10.7. The monoisotopic (exact) mass is 439 g/mol. The number of carboxylic acids is 4. The van der Waals surface area contributed by atoms with Crippen molar-refractivity contribution < 1.29 is 200 Å². The summed E-state index contributed by atoms with van der Waals surface area (Å²) >= 11 is 0. The first kappa shape index (κ1) is 42.8. The van der Waals surface area contributed by atoms with Crippen molar-refractivity contribution in [1.29, 1.82) is 0 Å². The molecule has 12 nitrogen and oxygen atoms in total. The molecule has 120 valence electrons. The third-order valence-electron chi connectivity index (χ3n) is 2.14. The predicted octanol–water partition coefficient (Wildman–Crippen LogP) is -23.4. The van der Waals surface area contributed by atoms with Gasteiger partial charge in [0.2, 0.25) is 0 Å². The normalized spacial score (nSPS) is 12.7. The minimum atomic E-state index is -5.78. The maximum Gasteiger partial charge on any atom is 1.00 e. The van der Waals surface area contributed by atoms with Crippen LogP contribution < -0.4 is 174 Å². The van der Waals surface area contributed by atoms with Crippen molar-refractivity contribution in [3.8, 4) is 0 Å². The van der Waals surface area contributed by atoms with Crippen LogP contribution >= 0.6 is 0 Å². The summed E-state index contributed by atoms with van der Waals surface area (Å²) in [4.78, 5) is 42.1. The van der Waals surface area contributed by atoms with E-state index in [-0.39, 0.29) is 148 Å². The first-order valence-corrected chi connectivity index (χ1v) is 6.38. The van der Waals surface area contributed by atoms with Gasteiger partial charge in [0.1, 0.15) is 15.4 Å². The molecule has 0 aliphatic heterocycles. The number of nitrogens with one attached hydrogen (secondary N) is 1. The van der Waals surface area contributed by atoms with Crippen molar-refractivity contribution in [3.63, 3.8) is 0 Å². The molecule has 0 rings (SSSR count). The van der Waals surface area contributed by atoms with Crippen LogP contribution in [-0.2, 0) is 29.3 Å². The molecule has 0 saturated heterocycles. The summed E-state index contributed by atoms with van der Waals surface area (Å²) in [6, 6.07) is -5.22. The molecule has 0 aromatic rings. The molecule has 0 fully saturated rings. The summed E-state index contributed by atoms with van der Waals surface area (Å²) in [5.74, 6) is -9.32. The zero-order valence-corrected chi connectivity index (χ0v) is 25.7. The third-order valence-corrected chi connectivity index (χ3v) is 3.22. The van der Waals surface area contributed by atoms with Crippen LogP contribution in [-0.4, -0.2) is 54.2 Å². The average Bonchev–Trinajstić information content (AvgIpc) is 2.23. The maximum atomic E-state index is 10.7. The van der Waals surface area contributed by atoms with E-state index in [9.17, 15) is 52.6 Å². The Balaban J connectivity index is -0.000000200. The minimum absolute atomic E-state index is 0. The molecule has 0 saturated carbocycles. The molecule has 3 unspecified atom stereocenters. The van der Waals surface area contributed by atoms with Gasteiger partial charge in [0.15, 0.2) is 0 Å². The van der Waals surface area contributed by atoms with Gasteiger partial charge in [0.05, 0.1) is 30.0 Å². The topological polar surface area (TPSA) is 230 Å². The number of carbonyl (C=O) groups is 4. The van der Waals surface area contributed by atoms with Crippen molar-refractivity contribution in [2.24, 2.45) is 0 Å². The van der Waals surface area contributed by atoms with Gasteiger partial charge in [-0.1, -0.05) is 0 Å². The fourth-order valence-electron chi connectivity index (χ4n) is 1.29. The third kappa shape index (κ3) is 16.5. The summed E-state index contributed by atoms with van der Waals surface area (Å²) in [6.45, 7) is 0. The van der Waals surface area contributed by atoms with E-state index >= 15 is 0 Å². The Labute approximate surface area is 258 Å². The van der Waals surface area contributed by atoms with Crippen LogP contribution in [0.1, 0.15) is 6.42 Å². The van der Waals surface area contributed by atoms with E-state index in [0.717, 1.165) is 0 Å². The van der Waals surface area contributed by atoms with Crippen molar-refractivity contribution in [2.75, 3.05) is 0 Å². The van der Waals surface area contributed by atoms with Gasteiger partial charge in [0.25, 0.3) is 0 Å². The Morgan fingerprint density at radius 1 is 0.769 bits per heavy atom. The molecule has 3 atom stereocenters. The number of aliphatic carboxylic acids is 4. The molecule has 26 heavy (non-hydrogen) atoms. The molecule has 18 heteroatoms. The van der Waals surface area contributed by atoms with Crippen LogP contribution in [0.15, 0.2) is 0 Å². The molecule has 0 aliphatic rings. The number of carboxylic acid groups (broad SMARTS) is 4. The van der Waals surface area contributed by atoms with Crippen molar-refractivity contribution in [1.82, 2.24) is 5.32 Å². The van der Waals surface area contributed by atoms with E-state index in [4.69, 9.17) is 0 Å². The van der Waals surface area contributed by atoms with Gasteiger partial charge in [-0.25, -0.2) is 8.42 Å². The van der Waals surface area contributed by atoms with Crippen LogP contribution in [0.2, 0.25) is 0 Å². The number of hydrogen-bond donors (Lipinski definition) is 1. The minimum Gasteiger partial charge on any atom is -0.747 e. The summed E-state index contributed by atoms with van der Waals surface area (Å²) < 4.78 is 32.1. The van der Waals surface area contributed by atoms with E-state index in [2.05, 4.69) is 0 Å². The number of hydrogen-bond acceptors (Lipinski definition) is 12. The van der Waals surface area contributed by atoms with Gasteiger partial charge < -0.3 is 44.2 Å². The Morgan fingerprint density at radius 3 is 1.35 bits per heavy atom. The number of carbonyl (C=O) groups excluding carboxylic acids is 4. The number of rotatable bonds is 9. The van der Waals surface area contributed by atoms with Crippen LogP contribution in [0.5, 0.6) is 0 Å². The Hall–Kier alpha value is 2.75. The van der Waals surface area contributed by atoms with E-state index in [0.29, 0.717) is 0 Å². The summed E-state index contributed by atoms with van der Waals surface area (Å²) in [7, 11) is -5.78. The Bertz CT molecular complexity index is 571. The van der Waals surface area contributed by atoms with E-state index in [1.807, 2.05) is 0 Å². The summed E-state index contributed by atoms with van der Waals surface area (Å²) in [6.07, 6.45) is -1.38. The fourth-order valence-corrected chi connectivity index (χ4v) is 2.05. The average molecular weight is 439 g/mol. The second-order valence-electron chi connectivity index (χ2n) is 3.64. The van der Waals surface area contributed by atoms with E-state index in [1.54, 1.807) is 0 Å². The smallest absolute Gasteiger partial charge is 0.747 e. The van der Waals surface area contributed by atoms with Crippen LogP contribution in [0.4, 0.5) is 0 Å². The quantitative estimate of drug-likeness (QED) is 0.261. The second-order valence-corrected chi connectivity index (χ2v) is 5.14. The van der Waals surface area contributed by atoms with Gasteiger partial charge in [0, 0.05) is 12.4 Å². The molecule has 0 bridgehead atoms. The predicted molar refractivity (Wildman–Crippen MR) is 48.8 cm³/mol. The molecule has 1 N–H and O–H groups in total. The first-order valence-electron chi connectivity index (χ1n) is 4.91. The van der Waals surface area contributed by atoms with Crippen LogP contribution in [0.3, 0.4) is 0 Å². The fraction of sp³-hybridized carbons (Fsp3) is 0.500. The Morgan fingerprint density at radius 2 is 1.15 bits per heavy atom. The van der Waals surface area contributed by atoms with Crippen molar-refractivity contribution >= 4 is 34.0 Å². The Kier molecular flexibility index (Phi) is 32.4. The van der Waals surface area contributed by atoms with Gasteiger partial charge >= 0.3 is 148 Å². The van der Waals surface area contributed by atoms with Gasteiger partial charge in [-0.15, -0.1) is 0 Å². The molecule has 0 aromatic heterocycles. The standard InChI is InChI=1S/C8H11NO11S.5Na/c10-3(11)1-2(6(12)13)9-4(7(14)15)5(8(16)17)21(18,19)20;;;;;/h2,4-5,9H,1H2,(H,10,11)(H,12,13)(H,14,15)(H,16,17)(H,18,19,20);;;;;/q;5*+1/p-5. The molecule has 0 spiro atoms. The summed E-state index contributed by atoms with van der Waals surface area (Å²) in [5, 5.41) is 40.1. The van der Waals surface area contributed by atoms with Crippen molar-refractivity contribution in [2.45, 2.75) is 23.8 Å². The van der Waals surface area contributed by atoms with Crippen LogP contribution in [0.25, 0.3) is 0 Å². The van der Waals surface area contributed by atoms with Crippen molar-refractivity contribution in [3.05, 3.63) is 0 Å². The molecular formula is C8H6NNa5O11S. The van der Waals surface area contributed by atoms with E-state index in [1.165, 1.54) is 5.32 Å². The summed E-state index contributed by atoms with van der Waals surface area (Å²) in [5.41, 5.74) is 0. The molecule has 0 amide bonds. The van der Waals surface area contributed by atoms with Crippen LogP contribution in [0, 0.1) is 0 Å². The van der Waals surface area contributed by atoms with Gasteiger partial charge in [-0.2, -0.15) is 0 Å².